The van der Waals surface area contributed by atoms with E-state index in [0.717, 1.165) is 10.4 Å². The standard InChI is InChI=1S/C24H22ClN5O4S/c1-13-8-15(16-10-21(25)28-12-19(16)34-3)17(11-27-13)23(32)30-24-29-18-9-14(4-5-20(18)35-24)22(31)26-6-7-33-2/h4-5,8-12H,6-7H2,1-3H3,(H,26,31)(H,29,30,32). The number of hydrogen-bond donors (Lipinski definition) is 2. The van der Waals surface area contributed by atoms with E-state index in [-0.39, 0.29) is 17.0 Å². The molecular weight excluding hydrogens is 490 g/mol. The largest absolute Gasteiger partial charge is 0.494 e. The Hall–Kier alpha value is -3.60. The Kier molecular flexibility index (Phi) is 7.54. The summed E-state index contributed by atoms with van der Waals surface area (Å²) < 4.78 is 11.2. The number of ether oxygens (including phenoxy) is 2. The number of benzene rings is 1. The fraction of sp³-hybridized carbons (Fsp3) is 0.208. The van der Waals surface area contributed by atoms with Crippen LogP contribution in [-0.4, -0.2) is 54.1 Å². The van der Waals surface area contributed by atoms with Gasteiger partial charge < -0.3 is 14.8 Å². The van der Waals surface area contributed by atoms with Gasteiger partial charge >= 0.3 is 0 Å². The quantitative estimate of drug-likeness (QED) is 0.267. The summed E-state index contributed by atoms with van der Waals surface area (Å²) >= 11 is 7.42. The third-order valence-corrected chi connectivity index (χ3v) is 6.25. The van der Waals surface area contributed by atoms with E-state index in [0.29, 0.717) is 51.8 Å². The van der Waals surface area contributed by atoms with Gasteiger partial charge in [-0.15, -0.1) is 0 Å². The Morgan fingerprint density at radius 3 is 2.66 bits per heavy atom. The number of aromatic nitrogens is 3. The summed E-state index contributed by atoms with van der Waals surface area (Å²) in [6, 6.07) is 8.64. The number of fused-ring (bicyclic) bond motifs is 1. The molecule has 2 N–H and O–H groups in total. The second kappa shape index (κ2) is 10.8. The number of anilines is 1. The first-order chi connectivity index (χ1) is 16.9. The van der Waals surface area contributed by atoms with E-state index in [1.165, 1.54) is 30.8 Å². The minimum atomic E-state index is -0.390. The van der Waals surface area contributed by atoms with E-state index < -0.39 is 0 Å². The van der Waals surface area contributed by atoms with Gasteiger partial charge in [-0.3, -0.25) is 19.9 Å². The number of rotatable bonds is 8. The van der Waals surface area contributed by atoms with Crippen molar-refractivity contribution in [3.05, 3.63) is 64.7 Å². The highest BCUT2D eigenvalue weighted by Gasteiger charge is 2.19. The average Bonchev–Trinajstić information content (AvgIpc) is 3.25. The number of nitrogens with one attached hydrogen (secondary N) is 2. The second-order valence-electron chi connectivity index (χ2n) is 7.48. The summed E-state index contributed by atoms with van der Waals surface area (Å²) in [4.78, 5) is 38.4. The van der Waals surface area contributed by atoms with Gasteiger partial charge in [0.15, 0.2) is 5.13 Å². The zero-order valence-corrected chi connectivity index (χ0v) is 20.8. The van der Waals surface area contributed by atoms with Crippen LogP contribution in [0.25, 0.3) is 21.3 Å². The van der Waals surface area contributed by atoms with E-state index in [4.69, 9.17) is 21.1 Å². The van der Waals surface area contributed by atoms with Gasteiger partial charge in [0.1, 0.15) is 10.9 Å². The lowest BCUT2D eigenvalue weighted by Crippen LogP contribution is -2.26. The van der Waals surface area contributed by atoms with Crippen LogP contribution >= 0.6 is 22.9 Å². The maximum Gasteiger partial charge on any atom is 0.259 e. The van der Waals surface area contributed by atoms with Gasteiger partial charge in [-0.1, -0.05) is 22.9 Å². The van der Waals surface area contributed by atoms with Crippen LogP contribution in [0.3, 0.4) is 0 Å². The average molecular weight is 512 g/mol. The number of methoxy groups -OCH3 is 2. The van der Waals surface area contributed by atoms with Crippen molar-refractivity contribution in [3.8, 4) is 16.9 Å². The number of carbonyl (C=O) groups excluding carboxylic acids is 2. The molecule has 0 fully saturated rings. The van der Waals surface area contributed by atoms with E-state index in [9.17, 15) is 9.59 Å². The minimum absolute atomic E-state index is 0.220. The first kappa shape index (κ1) is 24.5. The third-order valence-electron chi connectivity index (χ3n) is 5.09. The number of aryl methyl sites for hydroxylation is 1. The topological polar surface area (TPSA) is 115 Å². The fourth-order valence-electron chi connectivity index (χ4n) is 3.41. The molecule has 3 aromatic heterocycles. The number of pyridine rings is 2. The number of thiazole rings is 1. The summed E-state index contributed by atoms with van der Waals surface area (Å²) in [5.41, 5.74) is 3.36. The Balaban J connectivity index is 1.61. The van der Waals surface area contributed by atoms with Gasteiger partial charge in [0.05, 0.1) is 35.7 Å². The number of carbonyl (C=O) groups is 2. The summed E-state index contributed by atoms with van der Waals surface area (Å²) in [5, 5.41) is 6.29. The molecule has 9 nitrogen and oxygen atoms in total. The summed E-state index contributed by atoms with van der Waals surface area (Å²) in [5.74, 6) is -0.132. The zero-order chi connectivity index (χ0) is 24.9. The number of hydrogen-bond acceptors (Lipinski definition) is 8. The van der Waals surface area contributed by atoms with Crippen molar-refractivity contribution in [3.63, 3.8) is 0 Å². The molecule has 0 radical (unpaired) electrons. The van der Waals surface area contributed by atoms with Crippen LogP contribution in [0.2, 0.25) is 5.15 Å². The van der Waals surface area contributed by atoms with Crippen molar-refractivity contribution >= 4 is 50.1 Å². The second-order valence-corrected chi connectivity index (χ2v) is 8.90. The lowest BCUT2D eigenvalue weighted by Gasteiger charge is -2.13. The molecule has 3 heterocycles. The predicted molar refractivity (Wildman–Crippen MR) is 136 cm³/mol. The molecule has 0 unspecified atom stereocenters. The smallest absolute Gasteiger partial charge is 0.259 e. The Morgan fingerprint density at radius 2 is 1.89 bits per heavy atom. The summed E-state index contributed by atoms with van der Waals surface area (Å²) in [6.45, 7) is 2.66. The highest BCUT2D eigenvalue weighted by atomic mass is 35.5. The van der Waals surface area contributed by atoms with E-state index in [1.54, 1.807) is 37.4 Å². The van der Waals surface area contributed by atoms with Crippen LogP contribution in [0.15, 0.2) is 42.7 Å². The molecule has 0 saturated heterocycles. The summed E-state index contributed by atoms with van der Waals surface area (Å²) in [7, 11) is 3.09. The molecule has 11 heteroatoms. The molecule has 0 aliphatic heterocycles. The third kappa shape index (κ3) is 5.56. The maximum absolute atomic E-state index is 13.3. The van der Waals surface area contributed by atoms with E-state index >= 15 is 0 Å². The Labute approximate surface area is 210 Å². The molecule has 35 heavy (non-hydrogen) atoms. The molecule has 4 rings (SSSR count). The number of amides is 2. The lowest BCUT2D eigenvalue weighted by molar-refractivity contribution is 0.0936. The highest BCUT2D eigenvalue weighted by Crippen LogP contribution is 2.34. The first-order valence-electron chi connectivity index (χ1n) is 10.5. The minimum Gasteiger partial charge on any atom is -0.494 e. The van der Waals surface area contributed by atoms with E-state index in [2.05, 4.69) is 25.6 Å². The van der Waals surface area contributed by atoms with Crippen molar-refractivity contribution in [2.45, 2.75) is 6.92 Å². The number of nitrogens with zero attached hydrogens (tertiary/aromatic N) is 3. The molecule has 1 aromatic carbocycles. The van der Waals surface area contributed by atoms with Crippen LogP contribution in [-0.2, 0) is 4.74 Å². The molecule has 0 aliphatic rings. The van der Waals surface area contributed by atoms with Crippen molar-refractivity contribution < 1.29 is 19.1 Å². The van der Waals surface area contributed by atoms with Gasteiger partial charge in [0.2, 0.25) is 0 Å². The lowest BCUT2D eigenvalue weighted by atomic mass is 10.0. The van der Waals surface area contributed by atoms with Crippen LogP contribution in [0.4, 0.5) is 5.13 Å². The van der Waals surface area contributed by atoms with Gasteiger partial charge in [0, 0.05) is 42.2 Å². The van der Waals surface area contributed by atoms with Gasteiger partial charge in [-0.2, -0.15) is 0 Å². The molecule has 0 spiro atoms. The predicted octanol–water partition coefficient (Wildman–Crippen LogP) is 4.35. The molecular formula is C24H22ClN5O4S. The Bertz CT molecular complexity index is 1410. The maximum atomic E-state index is 13.3. The van der Waals surface area contributed by atoms with Gasteiger partial charge in [0.25, 0.3) is 11.8 Å². The molecule has 0 bridgehead atoms. The van der Waals surface area contributed by atoms with Crippen molar-refractivity contribution in [1.82, 2.24) is 20.3 Å². The molecule has 0 atom stereocenters. The SMILES string of the molecule is COCCNC(=O)c1ccc2sc(NC(=O)c3cnc(C)cc3-c3cc(Cl)ncc3OC)nc2c1. The highest BCUT2D eigenvalue weighted by molar-refractivity contribution is 7.22. The first-order valence-corrected chi connectivity index (χ1v) is 11.7. The molecule has 0 saturated carbocycles. The monoisotopic (exact) mass is 511 g/mol. The van der Waals surface area contributed by atoms with Gasteiger partial charge in [-0.05, 0) is 37.3 Å². The van der Waals surface area contributed by atoms with Crippen molar-refractivity contribution in [1.29, 1.82) is 0 Å². The van der Waals surface area contributed by atoms with E-state index in [1.807, 2.05) is 6.92 Å². The van der Waals surface area contributed by atoms with Crippen LogP contribution < -0.4 is 15.4 Å². The van der Waals surface area contributed by atoms with Crippen LogP contribution in [0.1, 0.15) is 26.4 Å². The van der Waals surface area contributed by atoms with Crippen LogP contribution in [0.5, 0.6) is 5.75 Å². The van der Waals surface area contributed by atoms with Crippen molar-refractivity contribution in [2.75, 3.05) is 32.7 Å². The molecule has 4 aromatic rings. The van der Waals surface area contributed by atoms with Gasteiger partial charge in [-0.25, -0.2) is 9.97 Å². The fourth-order valence-corrected chi connectivity index (χ4v) is 4.41. The normalized spacial score (nSPS) is 10.9. The summed E-state index contributed by atoms with van der Waals surface area (Å²) in [6.07, 6.45) is 3.01. The van der Waals surface area contributed by atoms with Crippen LogP contribution in [0, 0.1) is 6.92 Å². The molecule has 180 valence electrons. The number of halogens is 1. The molecule has 0 aliphatic carbocycles. The Morgan fingerprint density at radius 1 is 1.06 bits per heavy atom. The molecule has 2 amide bonds. The zero-order valence-electron chi connectivity index (χ0n) is 19.2. The van der Waals surface area contributed by atoms with Crippen molar-refractivity contribution in [2.24, 2.45) is 0 Å².